The first-order chi connectivity index (χ1) is 6.74. The molecule has 0 N–H and O–H groups in total. The number of benzene rings is 1. The van der Waals surface area contributed by atoms with Crippen LogP contribution in [-0.2, 0) is 7.05 Å². The third kappa shape index (κ3) is 1.16. The van der Waals surface area contributed by atoms with Crippen molar-refractivity contribution in [2.75, 3.05) is 7.11 Å². The average Bonchev–Trinajstić information content (AvgIpc) is 2.23. The molecule has 0 amide bonds. The van der Waals surface area contributed by atoms with Crippen molar-refractivity contribution in [2.45, 2.75) is 0 Å². The summed E-state index contributed by atoms with van der Waals surface area (Å²) in [6, 6.07) is 5.44. The van der Waals surface area contributed by atoms with Crippen LogP contribution in [-0.4, -0.2) is 16.9 Å². The van der Waals surface area contributed by atoms with E-state index in [0.717, 1.165) is 5.39 Å². The van der Waals surface area contributed by atoms with Gasteiger partial charge in [0.25, 0.3) is 5.56 Å². The zero-order valence-corrected chi connectivity index (χ0v) is 8.02. The molecular formula is C10H10N2O2. The number of aryl methyl sites for hydroxylation is 1. The van der Waals surface area contributed by atoms with Gasteiger partial charge in [0.05, 0.1) is 18.7 Å². The van der Waals surface area contributed by atoms with Crippen molar-refractivity contribution < 1.29 is 4.74 Å². The van der Waals surface area contributed by atoms with Crippen molar-refractivity contribution in [1.82, 2.24) is 9.78 Å². The Balaban J connectivity index is 2.97. The summed E-state index contributed by atoms with van der Waals surface area (Å²) in [5.74, 6) is 0.588. The summed E-state index contributed by atoms with van der Waals surface area (Å²) in [6.45, 7) is 0. The Labute approximate surface area is 80.7 Å². The van der Waals surface area contributed by atoms with Crippen LogP contribution in [0.25, 0.3) is 10.8 Å². The predicted molar refractivity (Wildman–Crippen MR) is 53.5 cm³/mol. The van der Waals surface area contributed by atoms with Gasteiger partial charge in [0.1, 0.15) is 5.75 Å². The van der Waals surface area contributed by atoms with Crippen molar-refractivity contribution in [3.05, 3.63) is 34.7 Å². The molecule has 0 saturated carbocycles. The second-order valence-corrected chi connectivity index (χ2v) is 3.00. The van der Waals surface area contributed by atoms with Crippen LogP contribution in [0.15, 0.2) is 29.2 Å². The Morgan fingerprint density at radius 1 is 1.43 bits per heavy atom. The molecule has 1 aromatic heterocycles. The lowest BCUT2D eigenvalue weighted by Gasteiger charge is -2.04. The standard InChI is InChI=1S/C10H10N2O2/c1-12-10(13)9-7(6-11-12)4-3-5-8(9)14-2/h3-6H,1-2H3. The van der Waals surface area contributed by atoms with Gasteiger partial charge in [0.15, 0.2) is 0 Å². The fourth-order valence-corrected chi connectivity index (χ4v) is 1.42. The topological polar surface area (TPSA) is 44.1 Å². The molecule has 1 aromatic carbocycles. The SMILES string of the molecule is COc1cccc2cnn(C)c(=O)c12. The van der Waals surface area contributed by atoms with Crippen LogP contribution in [0.1, 0.15) is 0 Å². The van der Waals surface area contributed by atoms with Crippen molar-refractivity contribution in [3.8, 4) is 5.75 Å². The van der Waals surface area contributed by atoms with Crippen molar-refractivity contribution in [1.29, 1.82) is 0 Å². The van der Waals surface area contributed by atoms with Crippen LogP contribution in [0, 0.1) is 0 Å². The van der Waals surface area contributed by atoms with E-state index in [9.17, 15) is 4.79 Å². The van der Waals surface area contributed by atoms with E-state index < -0.39 is 0 Å². The number of nitrogens with zero attached hydrogens (tertiary/aromatic N) is 2. The molecule has 0 aliphatic carbocycles. The zero-order valence-electron chi connectivity index (χ0n) is 8.02. The highest BCUT2D eigenvalue weighted by molar-refractivity contribution is 5.86. The molecule has 2 aromatic rings. The molecule has 72 valence electrons. The highest BCUT2D eigenvalue weighted by Gasteiger charge is 2.06. The summed E-state index contributed by atoms with van der Waals surface area (Å²) in [5.41, 5.74) is -0.139. The van der Waals surface area contributed by atoms with E-state index >= 15 is 0 Å². The van der Waals surface area contributed by atoms with E-state index in [-0.39, 0.29) is 5.56 Å². The highest BCUT2D eigenvalue weighted by atomic mass is 16.5. The molecule has 0 saturated heterocycles. The van der Waals surface area contributed by atoms with Crippen LogP contribution in [0.2, 0.25) is 0 Å². The predicted octanol–water partition coefficient (Wildman–Crippen LogP) is 0.942. The van der Waals surface area contributed by atoms with Gasteiger partial charge < -0.3 is 4.74 Å². The first kappa shape index (κ1) is 8.74. The summed E-state index contributed by atoms with van der Waals surface area (Å²) in [6.07, 6.45) is 1.65. The maximum Gasteiger partial charge on any atom is 0.278 e. The third-order valence-electron chi connectivity index (χ3n) is 2.16. The number of hydrogen-bond acceptors (Lipinski definition) is 3. The minimum absolute atomic E-state index is 0.139. The molecule has 0 bridgehead atoms. The Kier molecular flexibility index (Phi) is 1.96. The first-order valence-corrected chi connectivity index (χ1v) is 4.23. The van der Waals surface area contributed by atoms with Gasteiger partial charge >= 0.3 is 0 Å². The summed E-state index contributed by atoms with van der Waals surface area (Å²) in [4.78, 5) is 11.7. The Morgan fingerprint density at radius 2 is 2.21 bits per heavy atom. The van der Waals surface area contributed by atoms with E-state index in [1.54, 1.807) is 26.4 Å². The van der Waals surface area contributed by atoms with Crippen LogP contribution < -0.4 is 10.3 Å². The second-order valence-electron chi connectivity index (χ2n) is 3.00. The van der Waals surface area contributed by atoms with Crippen molar-refractivity contribution >= 4 is 10.8 Å². The lowest BCUT2D eigenvalue weighted by atomic mass is 10.2. The smallest absolute Gasteiger partial charge is 0.278 e. The summed E-state index contributed by atoms with van der Waals surface area (Å²) in [7, 11) is 3.17. The Morgan fingerprint density at radius 3 is 2.93 bits per heavy atom. The van der Waals surface area contributed by atoms with E-state index in [2.05, 4.69) is 5.10 Å². The summed E-state index contributed by atoms with van der Waals surface area (Å²) >= 11 is 0. The molecule has 0 spiro atoms. The van der Waals surface area contributed by atoms with Gasteiger partial charge in [-0.3, -0.25) is 4.79 Å². The molecule has 1 heterocycles. The maximum absolute atomic E-state index is 11.7. The molecule has 0 fully saturated rings. The van der Waals surface area contributed by atoms with Gasteiger partial charge in [-0.05, 0) is 6.07 Å². The fraction of sp³-hybridized carbons (Fsp3) is 0.200. The molecular weight excluding hydrogens is 180 g/mol. The number of hydrogen-bond donors (Lipinski definition) is 0. The van der Waals surface area contributed by atoms with Crippen LogP contribution in [0.4, 0.5) is 0 Å². The molecule has 14 heavy (non-hydrogen) atoms. The first-order valence-electron chi connectivity index (χ1n) is 4.23. The molecule has 0 aliphatic rings. The quantitative estimate of drug-likeness (QED) is 0.672. The molecule has 4 heteroatoms. The highest BCUT2D eigenvalue weighted by Crippen LogP contribution is 2.20. The lowest BCUT2D eigenvalue weighted by Crippen LogP contribution is -2.19. The largest absolute Gasteiger partial charge is 0.496 e. The monoisotopic (exact) mass is 190 g/mol. The van der Waals surface area contributed by atoms with Gasteiger partial charge in [-0.15, -0.1) is 0 Å². The lowest BCUT2D eigenvalue weighted by molar-refractivity contribution is 0.419. The molecule has 4 nitrogen and oxygen atoms in total. The fourth-order valence-electron chi connectivity index (χ4n) is 1.42. The van der Waals surface area contributed by atoms with Crippen LogP contribution >= 0.6 is 0 Å². The minimum atomic E-state index is -0.139. The van der Waals surface area contributed by atoms with Crippen molar-refractivity contribution in [3.63, 3.8) is 0 Å². The Bertz CT molecular complexity index is 531. The van der Waals surface area contributed by atoms with Gasteiger partial charge in [0.2, 0.25) is 0 Å². The molecule has 2 rings (SSSR count). The number of methoxy groups -OCH3 is 1. The number of aromatic nitrogens is 2. The number of fused-ring (bicyclic) bond motifs is 1. The average molecular weight is 190 g/mol. The third-order valence-corrected chi connectivity index (χ3v) is 2.16. The van der Waals surface area contributed by atoms with E-state index in [1.165, 1.54) is 4.68 Å². The normalized spacial score (nSPS) is 10.4. The number of rotatable bonds is 1. The van der Waals surface area contributed by atoms with Gasteiger partial charge in [-0.25, -0.2) is 4.68 Å². The van der Waals surface area contributed by atoms with Crippen LogP contribution in [0.5, 0.6) is 5.75 Å². The second kappa shape index (κ2) is 3.14. The summed E-state index contributed by atoms with van der Waals surface area (Å²) in [5, 5.41) is 5.31. The van der Waals surface area contributed by atoms with E-state index in [4.69, 9.17) is 4.74 Å². The molecule has 0 atom stereocenters. The molecule has 0 radical (unpaired) electrons. The van der Waals surface area contributed by atoms with Gasteiger partial charge in [-0.1, -0.05) is 12.1 Å². The van der Waals surface area contributed by atoms with E-state index in [1.807, 2.05) is 12.1 Å². The molecule has 0 aliphatic heterocycles. The van der Waals surface area contributed by atoms with Gasteiger partial charge in [-0.2, -0.15) is 5.10 Å². The molecule has 0 unspecified atom stereocenters. The zero-order chi connectivity index (χ0) is 10.1. The van der Waals surface area contributed by atoms with Gasteiger partial charge in [0, 0.05) is 12.4 Å². The Hall–Kier alpha value is -1.84. The van der Waals surface area contributed by atoms with Crippen molar-refractivity contribution in [2.24, 2.45) is 7.05 Å². The summed E-state index contributed by atoms with van der Waals surface area (Å²) < 4.78 is 6.42. The number of ether oxygens (including phenoxy) is 1. The van der Waals surface area contributed by atoms with Crippen LogP contribution in [0.3, 0.4) is 0 Å². The van der Waals surface area contributed by atoms with E-state index in [0.29, 0.717) is 11.1 Å². The maximum atomic E-state index is 11.7. The minimum Gasteiger partial charge on any atom is -0.496 e.